The van der Waals surface area contributed by atoms with Crippen molar-refractivity contribution in [3.63, 3.8) is 0 Å². The Balaban J connectivity index is 0.908. The van der Waals surface area contributed by atoms with Gasteiger partial charge < -0.3 is 39.9 Å². The van der Waals surface area contributed by atoms with Gasteiger partial charge in [-0.25, -0.2) is 19.6 Å². The third-order valence-electron chi connectivity index (χ3n) is 12.8. The van der Waals surface area contributed by atoms with E-state index in [4.69, 9.17) is 19.4 Å². The summed E-state index contributed by atoms with van der Waals surface area (Å²) in [7, 11) is 2.59. The number of benzene rings is 4. The van der Waals surface area contributed by atoms with Crippen molar-refractivity contribution in [1.82, 2.24) is 40.4 Å². The van der Waals surface area contributed by atoms with E-state index in [0.717, 1.165) is 100 Å². The summed E-state index contributed by atoms with van der Waals surface area (Å²) in [6.45, 7) is 4.98. The molecule has 4 aromatic carbocycles. The predicted octanol–water partition coefficient (Wildman–Crippen LogP) is 8.19. The maximum absolute atomic E-state index is 14.1. The molecule has 2 aliphatic heterocycles. The lowest BCUT2D eigenvalue weighted by Gasteiger charge is -2.30. The van der Waals surface area contributed by atoms with E-state index in [1.54, 1.807) is 0 Å². The first-order valence-corrected chi connectivity index (χ1v) is 21.8. The van der Waals surface area contributed by atoms with Gasteiger partial charge in [-0.3, -0.25) is 9.59 Å². The van der Waals surface area contributed by atoms with Gasteiger partial charge >= 0.3 is 12.2 Å². The van der Waals surface area contributed by atoms with Crippen molar-refractivity contribution in [3.8, 4) is 33.6 Å². The zero-order chi connectivity index (χ0) is 43.8. The Bertz CT molecular complexity index is 2690. The summed E-state index contributed by atoms with van der Waals surface area (Å²) in [5, 5.41) is 7.67. The monoisotopic (exact) mass is 848 g/mol. The van der Waals surface area contributed by atoms with Gasteiger partial charge in [-0.1, -0.05) is 86.6 Å². The molecule has 1 aliphatic carbocycles. The lowest BCUT2D eigenvalue weighted by molar-refractivity contribution is -0.135. The maximum atomic E-state index is 14.1. The number of aryl methyl sites for hydroxylation is 2. The van der Waals surface area contributed by atoms with E-state index in [0.29, 0.717) is 18.7 Å². The second-order valence-electron chi connectivity index (χ2n) is 17.0. The number of H-pyrrole nitrogens is 2. The Kier molecular flexibility index (Phi) is 11.5. The molecule has 3 aliphatic rings. The number of carbonyl (C=O) groups is 4. The lowest BCUT2D eigenvalue weighted by Crippen LogP contribution is -2.51. The van der Waals surface area contributed by atoms with Gasteiger partial charge in [-0.2, -0.15) is 0 Å². The fourth-order valence-electron chi connectivity index (χ4n) is 9.49. The summed E-state index contributed by atoms with van der Waals surface area (Å²) in [4.78, 5) is 72.7. The van der Waals surface area contributed by atoms with Gasteiger partial charge in [0.1, 0.15) is 23.7 Å². The summed E-state index contributed by atoms with van der Waals surface area (Å²) in [5.74, 6) is 1.07. The zero-order valence-corrected chi connectivity index (χ0v) is 35.9. The molecule has 4 atom stereocenters. The number of nitrogens with one attached hydrogen (secondary N) is 4. The largest absolute Gasteiger partial charge is 0.453 e. The number of fused-ring (bicyclic) bond motifs is 4. The molecule has 14 nitrogen and oxygen atoms in total. The normalized spacial score (nSPS) is 17.9. The molecule has 14 heteroatoms. The van der Waals surface area contributed by atoms with E-state index in [9.17, 15) is 19.2 Å². The summed E-state index contributed by atoms with van der Waals surface area (Å²) in [5.41, 5.74) is 9.15. The fourth-order valence-corrected chi connectivity index (χ4v) is 9.49. The highest BCUT2D eigenvalue weighted by molar-refractivity contribution is 5.91. The molecule has 0 spiro atoms. The van der Waals surface area contributed by atoms with E-state index in [1.807, 2.05) is 60.2 Å². The number of methoxy groups -OCH3 is 2. The summed E-state index contributed by atoms with van der Waals surface area (Å²) >= 11 is 0. The molecular weight excluding hydrogens is 797 g/mol. The highest BCUT2D eigenvalue weighted by atomic mass is 16.5. The molecule has 324 valence electrons. The number of aromatic nitrogens is 4. The minimum absolute atomic E-state index is 0.107. The van der Waals surface area contributed by atoms with Crippen LogP contribution in [0.3, 0.4) is 0 Å². The van der Waals surface area contributed by atoms with Gasteiger partial charge in [-0.05, 0) is 89.6 Å². The van der Waals surface area contributed by atoms with Crippen LogP contribution in [0.2, 0.25) is 0 Å². The molecule has 0 radical (unpaired) electrons. The number of alkyl carbamates (subject to hydrolysis) is 2. The van der Waals surface area contributed by atoms with Crippen LogP contribution in [0.1, 0.15) is 86.1 Å². The first kappa shape index (κ1) is 41.4. The second kappa shape index (κ2) is 17.4. The lowest BCUT2D eigenvalue weighted by atomic mass is 9.89. The molecular formula is C49H52N8O6. The summed E-state index contributed by atoms with van der Waals surface area (Å²) in [6.07, 6.45) is 5.46. The quantitative estimate of drug-likeness (QED) is 0.107. The van der Waals surface area contributed by atoms with Crippen LogP contribution in [0.25, 0.3) is 44.4 Å². The highest BCUT2D eigenvalue weighted by Crippen LogP contribution is 2.40. The third kappa shape index (κ3) is 8.13. The molecule has 4 amide bonds. The first-order chi connectivity index (χ1) is 30.6. The smallest absolute Gasteiger partial charge is 0.407 e. The molecule has 63 heavy (non-hydrogen) atoms. The van der Waals surface area contributed by atoms with Crippen LogP contribution in [0.15, 0.2) is 91.1 Å². The molecule has 9 rings (SSSR count). The number of hydrogen-bond acceptors (Lipinski definition) is 8. The highest BCUT2D eigenvalue weighted by Gasteiger charge is 2.39. The number of amides is 4. The van der Waals surface area contributed by atoms with Crippen molar-refractivity contribution in [2.75, 3.05) is 27.3 Å². The second-order valence-corrected chi connectivity index (χ2v) is 17.0. The van der Waals surface area contributed by atoms with Crippen molar-refractivity contribution < 1.29 is 28.7 Å². The Morgan fingerprint density at radius 3 is 2.06 bits per heavy atom. The molecule has 2 saturated heterocycles. The number of rotatable bonds is 10. The number of aromatic amines is 2. The minimum atomic E-state index is -0.874. The van der Waals surface area contributed by atoms with E-state index in [2.05, 4.69) is 75.2 Å². The molecule has 2 aromatic heterocycles. The number of ether oxygens (including phenoxy) is 2. The van der Waals surface area contributed by atoms with E-state index >= 15 is 0 Å². The van der Waals surface area contributed by atoms with Crippen LogP contribution >= 0.6 is 0 Å². The number of likely N-dealkylation sites (tertiary alicyclic amines) is 2. The average Bonchev–Trinajstić information content (AvgIpc) is 4.16. The van der Waals surface area contributed by atoms with Crippen LogP contribution in [0.5, 0.6) is 0 Å². The Labute approximate surface area is 365 Å². The fraction of sp³-hybridized carbons (Fsp3) is 0.347. The van der Waals surface area contributed by atoms with Crippen molar-refractivity contribution >= 4 is 34.8 Å². The zero-order valence-electron chi connectivity index (χ0n) is 35.9. The maximum Gasteiger partial charge on any atom is 0.407 e. The van der Waals surface area contributed by atoms with E-state index in [1.165, 1.54) is 19.8 Å². The topological polar surface area (TPSA) is 175 Å². The van der Waals surface area contributed by atoms with Gasteiger partial charge in [0, 0.05) is 29.9 Å². The molecule has 0 saturated carbocycles. The Morgan fingerprint density at radius 1 is 0.714 bits per heavy atom. The molecule has 4 unspecified atom stereocenters. The van der Waals surface area contributed by atoms with E-state index in [-0.39, 0.29) is 29.8 Å². The summed E-state index contributed by atoms with van der Waals surface area (Å²) in [6, 6.07) is 26.7. The van der Waals surface area contributed by atoms with Crippen LogP contribution < -0.4 is 10.6 Å². The van der Waals surface area contributed by atoms with Gasteiger partial charge in [-0.15, -0.1) is 0 Å². The molecule has 4 N–H and O–H groups in total. The van der Waals surface area contributed by atoms with Crippen molar-refractivity contribution in [2.24, 2.45) is 5.92 Å². The molecule has 2 fully saturated rings. The number of imidazole rings is 2. The van der Waals surface area contributed by atoms with Gasteiger partial charge in [0.25, 0.3) is 5.91 Å². The number of nitrogens with zero attached hydrogens (tertiary/aromatic N) is 4. The van der Waals surface area contributed by atoms with Crippen LogP contribution in [-0.4, -0.2) is 87.1 Å². The van der Waals surface area contributed by atoms with Gasteiger partial charge in [0.2, 0.25) is 5.91 Å². The van der Waals surface area contributed by atoms with Gasteiger partial charge in [0.05, 0.1) is 43.9 Å². The Hall–Kier alpha value is -6.96. The van der Waals surface area contributed by atoms with Gasteiger partial charge in [0.15, 0.2) is 0 Å². The van der Waals surface area contributed by atoms with Crippen molar-refractivity contribution in [2.45, 2.75) is 76.5 Å². The Morgan fingerprint density at radius 2 is 1.35 bits per heavy atom. The standard InChI is InChI=1S/C49H52N8O6/c1-28(2)41(54-48(60)62-3)46(58)56-22-8-12-39(56)44-50-27-38(52-44)35-17-16-31-24-30(14-15-32(31)26-35)33-18-20-36-34(25-33)19-21-37-43(36)53-45(51-37)40-13-9-23-57(40)47(59)42(55-49(61)63-4)29-10-6-5-7-11-29/h5-7,10-11,14-18,20,24-28,39-42H,8-9,12-13,19,21-23H2,1-4H3,(H,50,52)(H,51,53)(H,54,60)(H,55,61). The molecule has 6 aromatic rings. The number of carbonyl (C=O) groups excluding carboxylic acids is 4. The minimum Gasteiger partial charge on any atom is -0.453 e. The van der Waals surface area contributed by atoms with E-state index < -0.39 is 24.3 Å². The molecule has 0 bridgehead atoms. The first-order valence-electron chi connectivity index (χ1n) is 21.8. The summed E-state index contributed by atoms with van der Waals surface area (Å²) < 4.78 is 9.65. The average molecular weight is 849 g/mol. The molecule has 4 heterocycles. The van der Waals surface area contributed by atoms with Crippen molar-refractivity contribution in [1.29, 1.82) is 0 Å². The predicted molar refractivity (Wildman–Crippen MR) is 238 cm³/mol. The van der Waals surface area contributed by atoms with Crippen molar-refractivity contribution in [3.05, 3.63) is 120 Å². The third-order valence-corrected chi connectivity index (χ3v) is 12.8. The van der Waals surface area contributed by atoms with Crippen LogP contribution in [0, 0.1) is 5.92 Å². The number of hydrogen-bond donors (Lipinski definition) is 4. The van der Waals surface area contributed by atoms with Crippen LogP contribution in [0.4, 0.5) is 9.59 Å². The van der Waals surface area contributed by atoms with Crippen LogP contribution in [-0.2, 0) is 31.9 Å². The SMILES string of the molecule is COC(=O)NC(C(=O)N1CCCC1c1nc2c([nH]1)CCc1cc(-c3ccc4cc(-c5cnc(C6CCCN6C(=O)C(NC(=O)OC)C(C)C)[nH]5)ccc4c3)ccc1-2)c1ccccc1.